The van der Waals surface area contributed by atoms with Gasteiger partial charge in [-0.25, -0.2) is 0 Å². The molecule has 0 fully saturated rings. The van der Waals surface area contributed by atoms with Crippen molar-refractivity contribution in [2.75, 3.05) is 0 Å². The van der Waals surface area contributed by atoms with Gasteiger partial charge in [-0.3, -0.25) is 0 Å². The molecule has 10 aromatic carbocycles. The highest BCUT2D eigenvalue weighted by atomic mass is 16.3. The molecule has 0 saturated carbocycles. The van der Waals surface area contributed by atoms with E-state index in [0.29, 0.717) is 22.3 Å². The Bertz CT molecular complexity index is 3560. The molecule has 1 nitrogen and oxygen atoms in total. The van der Waals surface area contributed by atoms with Gasteiger partial charge in [0.2, 0.25) is 0 Å². The SMILES string of the molecule is [2H]c1c([2H])c([2H])c2c(-c3ccc4c(ccc5ccccc54)c3)c3c([2H])c([2H])c([2H])c([2H])c3c(-c3ccc(-c4cccc5oc6cc7ccccc7cc6c45)cc3)c2c1[2H]. The van der Waals surface area contributed by atoms with E-state index < -0.39 is 24.2 Å². The van der Waals surface area contributed by atoms with Crippen LogP contribution in [0.5, 0.6) is 0 Å². The number of hydrogen-bond acceptors (Lipinski definition) is 1. The summed E-state index contributed by atoms with van der Waals surface area (Å²) < 4.78 is 79.2. The molecule has 0 atom stereocenters. The van der Waals surface area contributed by atoms with E-state index in [9.17, 15) is 5.48 Å². The van der Waals surface area contributed by atoms with Gasteiger partial charge in [-0.05, 0) is 112 Å². The Labute approximate surface area is 305 Å². The Balaban J connectivity index is 1.21. The van der Waals surface area contributed by atoms with Crippen LogP contribution in [-0.4, -0.2) is 0 Å². The standard InChI is InChI=1S/C50H30O/c1-2-12-35-30-47-45(29-34(35)11-1)50-40(18-9-19-46(50)51-47)32-20-23-33(24-21-32)48-41-14-5-7-16-43(41)49(44-17-8-6-15-42(44)48)37-26-27-39-36(28-37)25-22-31-10-3-4-13-38(31)39/h1-30H/i5D,6D,7D,8D,14D,15D,16D,17D. The molecule has 236 valence electrons. The van der Waals surface area contributed by atoms with E-state index in [4.69, 9.17) is 9.90 Å². The molecule has 11 aromatic rings. The predicted molar refractivity (Wildman–Crippen MR) is 218 cm³/mol. The van der Waals surface area contributed by atoms with Gasteiger partial charge in [0, 0.05) is 10.8 Å². The molecule has 0 N–H and O–H groups in total. The van der Waals surface area contributed by atoms with Crippen LogP contribution < -0.4 is 0 Å². The van der Waals surface area contributed by atoms with Crippen molar-refractivity contribution in [1.29, 1.82) is 0 Å². The highest BCUT2D eigenvalue weighted by Crippen LogP contribution is 2.45. The van der Waals surface area contributed by atoms with Crippen molar-refractivity contribution in [3.05, 3.63) is 182 Å². The van der Waals surface area contributed by atoms with E-state index in [1.807, 2.05) is 103 Å². The summed E-state index contributed by atoms with van der Waals surface area (Å²) in [4.78, 5) is 0. The van der Waals surface area contributed by atoms with E-state index in [-0.39, 0.29) is 45.7 Å². The fourth-order valence-electron chi connectivity index (χ4n) is 7.94. The summed E-state index contributed by atoms with van der Waals surface area (Å²) in [6.07, 6.45) is 0. The van der Waals surface area contributed by atoms with E-state index >= 15 is 0 Å². The first-order chi connectivity index (χ1) is 28.6. The summed E-state index contributed by atoms with van der Waals surface area (Å²) >= 11 is 0. The summed E-state index contributed by atoms with van der Waals surface area (Å²) in [7, 11) is 0. The molecule has 1 aromatic heterocycles. The lowest BCUT2D eigenvalue weighted by Gasteiger charge is -2.18. The molecule has 1 heteroatoms. The summed E-state index contributed by atoms with van der Waals surface area (Å²) in [5.41, 5.74) is 5.12. The van der Waals surface area contributed by atoms with Gasteiger partial charge < -0.3 is 4.42 Å². The highest BCUT2D eigenvalue weighted by Gasteiger charge is 2.18. The van der Waals surface area contributed by atoms with Gasteiger partial charge in [-0.1, -0.05) is 158 Å². The van der Waals surface area contributed by atoms with Gasteiger partial charge >= 0.3 is 0 Å². The Morgan fingerprint density at radius 3 is 1.65 bits per heavy atom. The quantitative estimate of drug-likeness (QED) is 0.136. The lowest BCUT2D eigenvalue weighted by atomic mass is 9.85. The molecule has 0 aliphatic carbocycles. The number of furan rings is 1. The second-order valence-electron chi connectivity index (χ2n) is 13.0. The lowest BCUT2D eigenvalue weighted by Crippen LogP contribution is -1.91. The van der Waals surface area contributed by atoms with Gasteiger partial charge in [-0.2, -0.15) is 0 Å². The summed E-state index contributed by atoms with van der Waals surface area (Å²) in [5, 5.41) is 8.89. The van der Waals surface area contributed by atoms with Gasteiger partial charge in [0.1, 0.15) is 11.2 Å². The number of benzene rings is 10. The zero-order valence-corrected chi connectivity index (χ0v) is 27.1. The number of rotatable bonds is 3. The van der Waals surface area contributed by atoms with Crippen LogP contribution in [0.4, 0.5) is 0 Å². The maximum absolute atomic E-state index is 9.38. The molecule has 0 unspecified atom stereocenters. The van der Waals surface area contributed by atoms with Crippen LogP contribution >= 0.6 is 0 Å². The lowest BCUT2D eigenvalue weighted by molar-refractivity contribution is 0.669. The van der Waals surface area contributed by atoms with Crippen molar-refractivity contribution in [1.82, 2.24) is 0 Å². The van der Waals surface area contributed by atoms with E-state index in [0.717, 1.165) is 65.4 Å². The van der Waals surface area contributed by atoms with Crippen LogP contribution in [-0.2, 0) is 0 Å². The first-order valence-electron chi connectivity index (χ1n) is 20.9. The molecule has 11 rings (SSSR count). The van der Waals surface area contributed by atoms with Crippen molar-refractivity contribution >= 4 is 75.8 Å². The van der Waals surface area contributed by atoms with E-state index in [2.05, 4.69) is 30.3 Å². The van der Waals surface area contributed by atoms with Crippen LogP contribution in [0.15, 0.2) is 186 Å². The fourth-order valence-corrected chi connectivity index (χ4v) is 7.94. The van der Waals surface area contributed by atoms with Crippen LogP contribution in [0.3, 0.4) is 0 Å². The van der Waals surface area contributed by atoms with Crippen LogP contribution in [0.1, 0.15) is 11.0 Å². The zero-order valence-electron chi connectivity index (χ0n) is 35.1. The van der Waals surface area contributed by atoms with E-state index in [1.54, 1.807) is 0 Å². The van der Waals surface area contributed by atoms with Gasteiger partial charge in [0.05, 0.1) is 11.0 Å². The van der Waals surface area contributed by atoms with Crippen molar-refractivity contribution < 1.29 is 15.4 Å². The minimum atomic E-state index is -0.428. The second kappa shape index (κ2) is 10.9. The van der Waals surface area contributed by atoms with Crippen molar-refractivity contribution in [2.24, 2.45) is 0 Å². The van der Waals surface area contributed by atoms with E-state index in [1.165, 1.54) is 0 Å². The minimum Gasteiger partial charge on any atom is -0.456 e. The number of fused-ring (bicyclic) bond motifs is 9. The fraction of sp³-hybridized carbons (Fsp3) is 0. The van der Waals surface area contributed by atoms with Crippen LogP contribution in [0, 0.1) is 0 Å². The summed E-state index contributed by atoms with van der Waals surface area (Å²) in [6.45, 7) is 0. The molecule has 0 bridgehead atoms. The topological polar surface area (TPSA) is 13.1 Å². The van der Waals surface area contributed by atoms with Crippen molar-refractivity contribution in [3.63, 3.8) is 0 Å². The molecule has 1 heterocycles. The molecule has 0 aliphatic rings. The Hall–Kier alpha value is -6.70. The Morgan fingerprint density at radius 1 is 0.353 bits per heavy atom. The second-order valence-corrected chi connectivity index (χ2v) is 13.0. The molecule has 0 amide bonds. The van der Waals surface area contributed by atoms with Gasteiger partial charge in [0.15, 0.2) is 0 Å². The monoisotopic (exact) mass is 654 g/mol. The average molecular weight is 655 g/mol. The first kappa shape index (κ1) is 21.4. The molecule has 51 heavy (non-hydrogen) atoms. The third-order valence-corrected chi connectivity index (χ3v) is 10.3. The highest BCUT2D eigenvalue weighted by molar-refractivity contribution is 6.22. The third kappa shape index (κ3) is 4.28. The summed E-state index contributed by atoms with van der Waals surface area (Å²) in [5.74, 6) is 0. The zero-order chi connectivity index (χ0) is 40.4. The maximum atomic E-state index is 9.38. The third-order valence-electron chi connectivity index (χ3n) is 10.3. The maximum Gasteiger partial charge on any atom is 0.136 e. The number of hydrogen-bond donors (Lipinski definition) is 0. The van der Waals surface area contributed by atoms with Crippen LogP contribution in [0.25, 0.3) is 109 Å². The van der Waals surface area contributed by atoms with Crippen molar-refractivity contribution in [3.8, 4) is 33.4 Å². The Kier molecular flexibility index (Phi) is 4.57. The first-order valence-corrected chi connectivity index (χ1v) is 16.9. The molecule has 0 aliphatic heterocycles. The van der Waals surface area contributed by atoms with Crippen molar-refractivity contribution in [2.45, 2.75) is 0 Å². The van der Waals surface area contributed by atoms with Gasteiger partial charge in [0.25, 0.3) is 0 Å². The molecule has 0 radical (unpaired) electrons. The average Bonchev–Trinajstić information content (AvgIpc) is 3.64. The van der Waals surface area contributed by atoms with Gasteiger partial charge in [-0.15, -0.1) is 0 Å². The normalized spacial score (nSPS) is 14.1. The molecular weight excluding hydrogens is 617 g/mol. The minimum absolute atomic E-state index is 0.185. The molecular formula is C50H30O. The largest absolute Gasteiger partial charge is 0.456 e. The predicted octanol–water partition coefficient (Wildman–Crippen LogP) is 14.4. The Morgan fingerprint density at radius 2 is 0.922 bits per heavy atom. The smallest absolute Gasteiger partial charge is 0.136 e. The van der Waals surface area contributed by atoms with Crippen LogP contribution in [0.2, 0.25) is 0 Å². The summed E-state index contributed by atoms with van der Waals surface area (Å²) in [6, 6.07) is 41.0. The molecule has 0 spiro atoms. The molecule has 0 saturated heterocycles.